The van der Waals surface area contributed by atoms with E-state index in [1.165, 1.54) is 0 Å². The van der Waals surface area contributed by atoms with Crippen LogP contribution in [0, 0.1) is 5.41 Å². The van der Waals surface area contributed by atoms with Gasteiger partial charge in [0, 0.05) is 12.1 Å². The van der Waals surface area contributed by atoms with E-state index < -0.39 is 5.41 Å². The molecule has 1 amide bonds. The Kier molecular flexibility index (Phi) is 5.36. The third-order valence-electron chi connectivity index (χ3n) is 4.15. The summed E-state index contributed by atoms with van der Waals surface area (Å²) in [4.78, 5) is 24.1. The quantitative estimate of drug-likeness (QED) is 0.619. The highest BCUT2D eigenvalue weighted by Gasteiger charge is 2.40. The number of allylic oxidation sites excluding steroid dienone is 1. The zero-order valence-electron chi connectivity index (χ0n) is 13.1. The first kappa shape index (κ1) is 16.3. The van der Waals surface area contributed by atoms with Crippen molar-refractivity contribution in [2.45, 2.75) is 39.0 Å². The van der Waals surface area contributed by atoms with Crippen LogP contribution in [0.2, 0.25) is 0 Å². The molecule has 1 N–H and O–H groups in total. The molecule has 0 aromatic heterocycles. The molecule has 1 aromatic rings. The van der Waals surface area contributed by atoms with Crippen molar-refractivity contribution < 1.29 is 14.3 Å². The molecule has 1 unspecified atom stereocenters. The summed E-state index contributed by atoms with van der Waals surface area (Å²) in [5, 5.41) is 3.00. The summed E-state index contributed by atoms with van der Waals surface area (Å²) in [6.07, 6.45) is 4.72. The van der Waals surface area contributed by atoms with Crippen molar-refractivity contribution in [1.82, 2.24) is 0 Å². The maximum absolute atomic E-state index is 12.6. The summed E-state index contributed by atoms with van der Waals surface area (Å²) in [6.45, 7) is 5.98. The number of anilines is 1. The molecule has 0 radical (unpaired) electrons. The SMILES string of the molecule is C=CCC1(CCCC(=O)OCC)Cc2ccccc2NC1=O. The van der Waals surface area contributed by atoms with Gasteiger partial charge in [0.05, 0.1) is 12.0 Å². The van der Waals surface area contributed by atoms with Crippen LogP contribution < -0.4 is 5.32 Å². The highest BCUT2D eigenvalue weighted by Crippen LogP contribution is 2.40. The van der Waals surface area contributed by atoms with Gasteiger partial charge in [-0.2, -0.15) is 0 Å². The van der Waals surface area contributed by atoms with Crippen molar-refractivity contribution in [2.75, 3.05) is 11.9 Å². The summed E-state index contributed by atoms with van der Waals surface area (Å²) >= 11 is 0. The molecule has 0 saturated carbocycles. The van der Waals surface area contributed by atoms with Gasteiger partial charge in [-0.15, -0.1) is 6.58 Å². The van der Waals surface area contributed by atoms with E-state index >= 15 is 0 Å². The average Bonchev–Trinajstić information content (AvgIpc) is 2.49. The molecule has 4 heteroatoms. The molecule has 0 fully saturated rings. The zero-order valence-corrected chi connectivity index (χ0v) is 13.1. The van der Waals surface area contributed by atoms with Crippen molar-refractivity contribution in [2.24, 2.45) is 5.41 Å². The van der Waals surface area contributed by atoms with Crippen LogP contribution in [0.3, 0.4) is 0 Å². The van der Waals surface area contributed by atoms with Gasteiger partial charge >= 0.3 is 5.97 Å². The lowest BCUT2D eigenvalue weighted by Gasteiger charge is -2.36. The molecule has 22 heavy (non-hydrogen) atoms. The Bertz CT molecular complexity index is 567. The number of ether oxygens (including phenoxy) is 1. The fourth-order valence-electron chi connectivity index (χ4n) is 3.05. The number of esters is 1. The molecular formula is C18H23NO3. The molecule has 1 aromatic carbocycles. The van der Waals surface area contributed by atoms with Crippen molar-refractivity contribution in [3.05, 3.63) is 42.5 Å². The lowest BCUT2D eigenvalue weighted by Crippen LogP contribution is -2.41. The lowest BCUT2D eigenvalue weighted by molar-refractivity contribution is -0.143. The number of hydrogen-bond donors (Lipinski definition) is 1. The van der Waals surface area contributed by atoms with Gasteiger partial charge in [-0.25, -0.2) is 0 Å². The largest absolute Gasteiger partial charge is 0.466 e. The van der Waals surface area contributed by atoms with Gasteiger partial charge in [0.1, 0.15) is 0 Å². The minimum atomic E-state index is -0.511. The number of para-hydroxylation sites is 1. The minimum Gasteiger partial charge on any atom is -0.466 e. The van der Waals surface area contributed by atoms with Crippen LogP contribution in [-0.2, 0) is 20.7 Å². The number of fused-ring (bicyclic) bond motifs is 1. The molecule has 118 valence electrons. The average molecular weight is 301 g/mol. The number of benzene rings is 1. The second kappa shape index (κ2) is 7.25. The van der Waals surface area contributed by atoms with Crippen LogP contribution in [0.1, 0.15) is 38.2 Å². The number of carbonyl (C=O) groups is 2. The topological polar surface area (TPSA) is 55.4 Å². The van der Waals surface area contributed by atoms with Gasteiger partial charge in [-0.05, 0) is 44.2 Å². The Morgan fingerprint density at radius 3 is 2.95 bits per heavy atom. The van der Waals surface area contributed by atoms with Crippen molar-refractivity contribution in [3.63, 3.8) is 0 Å². The summed E-state index contributed by atoms with van der Waals surface area (Å²) in [7, 11) is 0. The maximum atomic E-state index is 12.6. The Hall–Kier alpha value is -2.10. The molecule has 1 heterocycles. The van der Waals surface area contributed by atoms with E-state index in [9.17, 15) is 9.59 Å². The molecule has 2 rings (SSSR count). The van der Waals surface area contributed by atoms with Crippen LogP contribution in [0.25, 0.3) is 0 Å². The molecule has 0 saturated heterocycles. The third-order valence-corrected chi connectivity index (χ3v) is 4.15. The van der Waals surface area contributed by atoms with Crippen LogP contribution in [0.15, 0.2) is 36.9 Å². The first-order valence-corrected chi connectivity index (χ1v) is 7.77. The number of amides is 1. The van der Waals surface area contributed by atoms with E-state index in [0.717, 1.165) is 11.3 Å². The van der Waals surface area contributed by atoms with E-state index in [-0.39, 0.29) is 11.9 Å². The van der Waals surface area contributed by atoms with Gasteiger partial charge in [0.15, 0.2) is 0 Å². The number of nitrogens with one attached hydrogen (secondary N) is 1. The van der Waals surface area contributed by atoms with E-state index in [0.29, 0.717) is 38.7 Å². The van der Waals surface area contributed by atoms with Crippen molar-refractivity contribution in [3.8, 4) is 0 Å². The highest BCUT2D eigenvalue weighted by atomic mass is 16.5. The van der Waals surface area contributed by atoms with Crippen LogP contribution >= 0.6 is 0 Å². The predicted octanol–water partition coefficient (Wildman–Crippen LogP) is 3.48. The molecule has 1 aliphatic rings. The Morgan fingerprint density at radius 2 is 2.23 bits per heavy atom. The van der Waals surface area contributed by atoms with Crippen molar-refractivity contribution >= 4 is 17.6 Å². The number of rotatable bonds is 7. The van der Waals surface area contributed by atoms with Crippen LogP contribution in [-0.4, -0.2) is 18.5 Å². The van der Waals surface area contributed by atoms with E-state index in [4.69, 9.17) is 4.74 Å². The van der Waals surface area contributed by atoms with E-state index in [2.05, 4.69) is 11.9 Å². The van der Waals surface area contributed by atoms with Crippen molar-refractivity contribution in [1.29, 1.82) is 0 Å². The number of hydrogen-bond acceptors (Lipinski definition) is 3. The second-order valence-corrected chi connectivity index (χ2v) is 5.72. The van der Waals surface area contributed by atoms with Gasteiger partial charge in [0.2, 0.25) is 5.91 Å². The molecule has 0 spiro atoms. The first-order valence-electron chi connectivity index (χ1n) is 7.77. The molecule has 4 nitrogen and oxygen atoms in total. The van der Waals surface area contributed by atoms with E-state index in [1.807, 2.05) is 24.3 Å². The standard InChI is InChI=1S/C18H23NO3/c1-3-11-18(12-7-10-16(20)22-4-2)13-14-8-5-6-9-15(14)19-17(18)21/h3,5-6,8-9H,1,4,7,10-13H2,2H3,(H,19,21). The predicted molar refractivity (Wildman–Crippen MR) is 86.5 cm³/mol. The Morgan fingerprint density at radius 1 is 1.45 bits per heavy atom. The van der Waals surface area contributed by atoms with Gasteiger partial charge in [-0.3, -0.25) is 9.59 Å². The maximum Gasteiger partial charge on any atom is 0.305 e. The van der Waals surface area contributed by atoms with Gasteiger partial charge in [0.25, 0.3) is 0 Å². The second-order valence-electron chi connectivity index (χ2n) is 5.72. The fourth-order valence-corrected chi connectivity index (χ4v) is 3.05. The minimum absolute atomic E-state index is 0.0231. The summed E-state index contributed by atoms with van der Waals surface area (Å²) in [6, 6.07) is 7.86. The molecule has 0 bridgehead atoms. The Labute approximate surface area is 131 Å². The normalized spacial score (nSPS) is 20.0. The first-order chi connectivity index (χ1) is 10.6. The lowest BCUT2D eigenvalue weighted by atomic mass is 9.72. The van der Waals surface area contributed by atoms with Crippen LogP contribution in [0.5, 0.6) is 0 Å². The Balaban J connectivity index is 2.10. The summed E-state index contributed by atoms with van der Waals surface area (Å²) < 4.78 is 4.95. The highest BCUT2D eigenvalue weighted by molar-refractivity contribution is 5.98. The van der Waals surface area contributed by atoms with Gasteiger partial charge in [-0.1, -0.05) is 24.3 Å². The third kappa shape index (κ3) is 3.56. The van der Waals surface area contributed by atoms with Gasteiger partial charge < -0.3 is 10.1 Å². The number of carbonyl (C=O) groups excluding carboxylic acids is 2. The fraction of sp³-hybridized carbons (Fsp3) is 0.444. The molecular weight excluding hydrogens is 278 g/mol. The molecule has 0 aliphatic carbocycles. The van der Waals surface area contributed by atoms with Crippen LogP contribution in [0.4, 0.5) is 5.69 Å². The van der Waals surface area contributed by atoms with E-state index in [1.54, 1.807) is 13.0 Å². The zero-order chi connectivity index (χ0) is 16.0. The molecule has 1 aliphatic heterocycles. The monoisotopic (exact) mass is 301 g/mol. The summed E-state index contributed by atoms with van der Waals surface area (Å²) in [5.41, 5.74) is 1.51. The molecule has 1 atom stereocenters. The smallest absolute Gasteiger partial charge is 0.305 e. The summed E-state index contributed by atoms with van der Waals surface area (Å²) in [5.74, 6) is -0.178.